The lowest BCUT2D eigenvalue weighted by Crippen LogP contribution is -2.44. The molecule has 0 unspecified atom stereocenters. The molecule has 0 spiro atoms. The van der Waals surface area contributed by atoms with Gasteiger partial charge in [0.25, 0.3) is 0 Å². The lowest BCUT2D eigenvalue weighted by atomic mass is 9.54. The number of hydrogen-bond donors (Lipinski definition) is 0. The lowest BCUT2D eigenvalue weighted by molar-refractivity contribution is -0.136. The van der Waals surface area contributed by atoms with Crippen molar-refractivity contribution in [1.82, 2.24) is 0 Å². The van der Waals surface area contributed by atoms with Crippen molar-refractivity contribution in [2.45, 2.75) is 64.2 Å². The average molecular weight is 385 g/mol. The van der Waals surface area contributed by atoms with Crippen LogP contribution >= 0.6 is 0 Å². The van der Waals surface area contributed by atoms with Crippen LogP contribution in [0.2, 0.25) is 0 Å². The first kappa shape index (κ1) is 19.5. The maximum Gasteiger partial charge on any atom is 0.334 e. The molecule has 4 rings (SSSR count). The van der Waals surface area contributed by atoms with Gasteiger partial charge in [-0.15, -0.1) is 0 Å². The highest BCUT2D eigenvalue weighted by Crippen LogP contribution is 2.57. The Morgan fingerprint density at radius 1 is 1.29 bits per heavy atom. The van der Waals surface area contributed by atoms with E-state index in [-0.39, 0.29) is 11.4 Å². The second-order valence-corrected chi connectivity index (χ2v) is 8.64. The molecule has 1 aromatic rings. The second kappa shape index (κ2) is 7.55. The van der Waals surface area contributed by atoms with Gasteiger partial charge in [-0.25, -0.2) is 4.79 Å². The van der Waals surface area contributed by atoms with Crippen molar-refractivity contribution >= 4 is 5.97 Å². The van der Waals surface area contributed by atoms with Gasteiger partial charge in [0, 0.05) is 24.2 Å². The third-order valence-electron chi connectivity index (χ3n) is 7.13. The summed E-state index contributed by atoms with van der Waals surface area (Å²) in [5.41, 5.74) is 6.29. The number of carbonyl (C=O) groups is 1. The molecule has 1 aromatic carbocycles. The third kappa shape index (κ3) is 2.88. The summed E-state index contributed by atoms with van der Waals surface area (Å²) in [6.07, 6.45) is 4.81. The summed E-state index contributed by atoms with van der Waals surface area (Å²) in [6.45, 7) is 8.45. The maximum atomic E-state index is 12.2. The van der Waals surface area contributed by atoms with Crippen LogP contribution in [0.15, 0.2) is 23.3 Å². The van der Waals surface area contributed by atoms with E-state index in [0.717, 1.165) is 56.6 Å². The standard InChI is InChI=1S/C24H32O4/c1-5-27-13-12-24-11-10-17-19(14-28-23(17)25)21(24)9-7-18-20(24)8-6-16(15(2)3)22(18)26-4/h6,8,15,21H,5,7,9-14H2,1-4H3/t21-,24-/m0/s1. The number of esters is 1. The molecule has 0 amide bonds. The molecule has 0 saturated heterocycles. The summed E-state index contributed by atoms with van der Waals surface area (Å²) in [4.78, 5) is 12.2. The minimum Gasteiger partial charge on any atom is -0.496 e. The molecule has 0 aromatic heterocycles. The number of methoxy groups -OCH3 is 1. The number of benzene rings is 1. The molecular weight excluding hydrogens is 352 g/mol. The van der Waals surface area contributed by atoms with Crippen molar-refractivity contribution in [2.75, 3.05) is 26.9 Å². The van der Waals surface area contributed by atoms with Crippen LogP contribution in [0.25, 0.3) is 0 Å². The molecule has 3 aliphatic rings. The van der Waals surface area contributed by atoms with E-state index in [1.165, 1.54) is 22.3 Å². The third-order valence-corrected chi connectivity index (χ3v) is 7.13. The van der Waals surface area contributed by atoms with Gasteiger partial charge in [0.05, 0.1) is 7.11 Å². The molecule has 2 atom stereocenters. The smallest absolute Gasteiger partial charge is 0.334 e. The van der Waals surface area contributed by atoms with Crippen LogP contribution in [0.1, 0.15) is 69.1 Å². The summed E-state index contributed by atoms with van der Waals surface area (Å²) < 4.78 is 17.2. The van der Waals surface area contributed by atoms with E-state index in [9.17, 15) is 4.79 Å². The Balaban J connectivity index is 1.84. The number of carbonyl (C=O) groups excluding carboxylic acids is 1. The van der Waals surface area contributed by atoms with Gasteiger partial charge in [-0.2, -0.15) is 0 Å². The van der Waals surface area contributed by atoms with Crippen molar-refractivity contribution in [3.05, 3.63) is 40.0 Å². The van der Waals surface area contributed by atoms with Crippen molar-refractivity contribution in [3.8, 4) is 5.75 Å². The van der Waals surface area contributed by atoms with Crippen LogP contribution in [0.5, 0.6) is 5.75 Å². The molecule has 2 aliphatic carbocycles. The number of fused-ring (bicyclic) bond motifs is 4. The molecule has 0 saturated carbocycles. The van der Waals surface area contributed by atoms with Gasteiger partial charge in [-0.05, 0) is 73.1 Å². The predicted molar refractivity (Wildman–Crippen MR) is 109 cm³/mol. The minimum absolute atomic E-state index is 0.0123. The Bertz CT molecular complexity index is 807. The number of rotatable bonds is 6. The van der Waals surface area contributed by atoms with E-state index < -0.39 is 0 Å². The molecular formula is C24H32O4. The first-order chi connectivity index (χ1) is 13.5. The summed E-state index contributed by atoms with van der Waals surface area (Å²) >= 11 is 0. The Hall–Kier alpha value is -1.81. The predicted octanol–water partition coefficient (Wildman–Crippen LogP) is 4.69. The Morgan fingerprint density at radius 2 is 2.11 bits per heavy atom. The molecule has 152 valence electrons. The summed E-state index contributed by atoms with van der Waals surface area (Å²) in [5.74, 6) is 1.77. The molecule has 1 heterocycles. The monoisotopic (exact) mass is 384 g/mol. The van der Waals surface area contributed by atoms with E-state index in [0.29, 0.717) is 18.4 Å². The van der Waals surface area contributed by atoms with Crippen LogP contribution in [-0.2, 0) is 26.1 Å². The molecule has 4 nitrogen and oxygen atoms in total. The summed E-state index contributed by atoms with van der Waals surface area (Å²) in [5, 5.41) is 0. The Labute approximate surface area is 168 Å². The van der Waals surface area contributed by atoms with Gasteiger partial charge >= 0.3 is 5.97 Å². The van der Waals surface area contributed by atoms with Crippen molar-refractivity contribution in [2.24, 2.45) is 5.92 Å². The normalized spacial score (nSPS) is 26.0. The fourth-order valence-corrected chi connectivity index (χ4v) is 5.83. The number of hydrogen-bond acceptors (Lipinski definition) is 4. The minimum atomic E-state index is -0.0908. The number of ether oxygens (including phenoxy) is 3. The average Bonchev–Trinajstić information content (AvgIpc) is 3.07. The molecule has 0 bridgehead atoms. The van der Waals surface area contributed by atoms with Gasteiger partial charge in [-0.3, -0.25) is 0 Å². The van der Waals surface area contributed by atoms with Gasteiger partial charge in [0.1, 0.15) is 12.4 Å². The van der Waals surface area contributed by atoms with Crippen LogP contribution < -0.4 is 4.74 Å². The maximum absolute atomic E-state index is 12.2. The van der Waals surface area contributed by atoms with Crippen molar-refractivity contribution in [1.29, 1.82) is 0 Å². The largest absolute Gasteiger partial charge is 0.496 e. The quantitative estimate of drug-likeness (QED) is 0.527. The summed E-state index contributed by atoms with van der Waals surface area (Å²) in [7, 11) is 1.80. The van der Waals surface area contributed by atoms with E-state index in [4.69, 9.17) is 14.2 Å². The lowest BCUT2D eigenvalue weighted by Gasteiger charge is -2.49. The zero-order valence-electron chi connectivity index (χ0n) is 17.6. The fraction of sp³-hybridized carbons (Fsp3) is 0.625. The molecule has 0 fully saturated rings. The first-order valence-corrected chi connectivity index (χ1v) is 10.7. The van der Waals surface area contributed by atoms with Gasteiger partial charge in [0.15, 0.2) is 0 Å². The Morgan fingerprint density at radius 3 is 2.82 bits per heavy atom. The topological polar surface area (TPSA) is 44.8 Å². The number of cyclic esters (lactones) is 1. The van der Waals surface area contributed by atoms with Crippen molar-refractivity contribution in [3.63, 3.8) is 0 Å². The Kier molecular flexibility index (Phi) is 5.26. The molecule has 28 heavy (non-hydrogen) atoms. The first-order valence-electron chi connectivity index (χ1n) is 10.7. The molecule has 1 aliphatic heterocycles. The zero-order chi connectivity index (χ0) is 19.9. The summed E-state index contributed by atoms with van der Waals surface area (Å²) in [6, 6.07) is 4.60. The highest BCUT2D eigenvalue weighted by atomic mass is 16.5. The van der Waals surface area contributed by atoms with Crippen LogP contribution in [-0.4, -0.2) is 32.9 Å². The highest BCUT2D eigenvalue weighted by molar-refractivity contribution is 5.92. The van der Waals surface area contributed by atoms with Crippen LogP contribution in [0.4, 0.5) is 0 Å². The molecule has 4 heteroatoms. The second-order valence-electron chi connectivity index (χ2n) is 8.64. The highest BCUT2D eigenvalue weighted by Gasteiger charge is 2.51. The van der Waals surface area contributed by atoms with E-state index in [1.807, 2.05) is 6.92 Å². The molecule has 0 radical (unpaired) electrons. The van der Waals surface area contributed by atoms with Gasteiger partial charge < -0.3 is 14.2 Å². The van der Waals surface area contributed by atoms with Gasteiger partial charge in [-0.1, -0.05) is 26.0 Å². The molecule has 0 N–H and O–H groups in total. The van der Waals surface area contributed by atoms with Gasteiger partial charge in [0.2, 0.25) is 0 Å². The van der Waals surface area contributed by atoms with Crippen LogP contribution in [0.3, 0.4) is 0 Å². The fourth-order valence-electron chi connectivity index (χ4n) is 5.83. The van der Waals surface area contributed by atoms with E-state index in [1.54, 1.807) is 7.11 Å². The van der Waals surface area contributed by atoms with E-state index >= 15 is 0 Å². The zero-order valence-corrected chi connectivity index (χ0v) is 17.6. The van der Waals surface area contributed by atoms with Crippen LogP contribution in [0, 0.1) is 5.92 Å². The van der Waals surface area contributed by atoms with E-state index in [2.05, 4.69) is 26.0 Å². The van der Waals surface area contributed by atoms with Crippen molar-refractivity contribution < 1.29 is 19.0 Å². The SMILES string of the molecule is CCOCC[C@]12CCC3=C(COC3=O)[C@@H]1CCc1c2ccc(C(C)C)c1OC.